The van der Waals surface area contributed by atoms with Crippen LogP contribution in [0.5, 0.6) is 5.75 Å². The van der Waals surface area contributed by atoms with Gasteiger partial charge in [0.15, 0.2) is 5.60 Å². The van der Waals surface area contributed by atoms with Gasteiger partial charge in [0.1, 0.15) is 11.5 Å². The first-order valence-electron chi connectivity index (χ1n) is 9.74. The Labute approximate surface area is 169 Å². The van der Waals surface area contributed by atoms with Gasteiger partial charge in [-0.1, -0.05) is 48.5 Å². The maximum Gasteiger partial charge on any atom is 0.264 e. The van der Waals surface area contributed by atoms with Gasteiger partial charge >= 0.3 is 0 Å². The number of carbonyl (C=O) groups excluding carboxylic acids is 2. The normalized spacial score (nSPS) is 18.1. The fourth-order valence-corrected chi connectivity index (χ4v) is 3.93. The van der Waals surface area contributed by atoms with Gasteiger partial charge in [0.25, 0.3) is 5.91 Å². The Morgan fingerprint density at radius 3 is 2.55 bits per heavy atom. The molecule has 0 bridgehead atoms. The van der Waals surface area contributed by atoms with Crippen molar-refractivity contribution in [2.45, 2.75) is 25.4 Å². The topological polar surface area (TPSA) is 66.8 Å². The van der Waals surface area contributed by atoms with Crippen molar-refractivity contribution in [3.8, 4) is 5.75 Å². The molecule has 0 fully saturated rings. The summed E-state index contributed by atoms with van der Waals surface area (Å²) in [5, 5.41) is 13.2. The van der Waals surface area contributed by atoms with E-state index in [4.69, 9.17) is 4.74 Å². The Kier molecular flexibility index (Phi) is 5.07. The second-order valence-electron chi connectivity index (χ2n) is 7.42. The lowest BCUT2D eigenvalue weighted by atomic mass is 9.90. The van der Waals surface area contributed by atoms with E-state index in [2.05, 4.69) is 6.07 Å². The van der Waals surface area contributed by atoms with Crippen LogP contribution < -0.4 is 9.64 Å². The summed E-state index contributed by atoms with van der Waals surface area (Å²) in [5.74, 6) is 0.113. The number of carbonyl (C=O) groups is 2. The maximum absolute atomic E-state index is 12.9. The third kappa shape index (κ3) is 3.61. The van der Waals surface area contributed by atoms with Gasteiger partial charge in [-0.2, -0.15) is 0 Å². The third-order valence-electron chi connectivity index (χ3n) is 5.26. The van der Waals surface area contributed by atoms with Crippen molar-refractivity contribution in [3.63, 3.8) is 0 Å². The summed E-state index contributed by atoms with van der Waals surface area (Å²) in [7, 11) is 0. The predicted octanol–water partition coefficient (Wildman–Crippen LogP) is 3.82. The van der Waals surface area contributed by atoms with E-state index in [0.717, 1.165) is 16.5 Å². The van der Waals surface area contributed by atoms with E-state index >= 15 is 0 Å². The highest BCUT2D eigenvalue weighted by atomic mass is 16.5. The van der Waals surface area contributed by atoms with Gasteiger partial charge in [0, 0.05) is 18.5 Å². The molecule has 5 heteroatoms. The number of para-hydroxylation sites is 1. The molecule has 0 aliphatic carbocycles. The summed E-state index contributed by atoms with van der Waals surface area (Å²) in [6.07, 6.45) is 0.385. The first-order chi connectivity index (χ1) is 14.0. The average Bonchev–Trinajstić information content (AvgIpc) is 2.92. The first kappa shape index (κ1) is 19.2. The number of nitrogens with zero attached hydrogens (tertiary/aromatic N) is 1. The lowest BCUT2D eigenvalue weighted by Gasteiger charge is -2.22. The third-order valence-corrected chi connectivity index (χ3v) is 5.26. The highest BCUT2D eigenvalue weighted by Crippen LogP contribution is 2.42. The Hall–Kier alpha value is -3.18. The summed E-state index contributed by atoms with van der Waals surface area (Å²) < 4.78 is 5.86. The minimum atomic E-state index is -1.78. The molecule has 0 aromatic heterocycles. The van der Waals surface area contributed by atoms with Crippen LogP contribution in [0.15, 0.2) is 66.7 Å². The number of anilines is 1. The summed E-state index contributed by atoms with van der Waals surface area (Å²) in [4.78, 5) is 26.1. The fourth-order valence-electron chi connectivity index (χ4n) is 3.93. The smallest absolute Gasteiger partial charge is 0.264 e. The molecule has 0 saturated carbocycles. The van der Waals surface area contributed by atoms with Crippen LogP contribution in [0.3, 0.4) is 0 Å². The molecule has 0 radical (unpaired) electrons. The lowest BCUT2D eigenvalue weighted by Crippen LogP contribution is -2.42. The molecule has 29 heavy (non-hydrogen) atoms. The summed E-state index contributed by atoms with van der Waals surface area (Å²) in [5.41, 5.74) is -0.621. The minimum absolute atomic E-state index is 0.215. The molecule has 4 rings (SSSR count). The van der Waals surface area contributed by atoms with Crippen molar-refractivity contribution in [1.29, 1.82) is 0 Å². The summed E-state index contributed by atoms with van der Waals surface area (Å²) in [6.45, 7) is 2.23. The number of amides is 1. The van der Waals surface area contributed by atoms with Crippen LogP contribution in [0.25, 0.3) is 10.8 Å². The molecule has 1 N–H and O–H groups in total. The van der Waals surface area contributed by atoms with E-state index in [0.29, 0.717) is 30.8 Å². The van der Waals surface area contributed by atoms with Gasteiger partial charge in [-0.3, -0.25) is 9.59 Å². The molecule has 3 aromatic carbocycles. The Balaban J connectivity index is 1.42. The van der Waals surface area contributed by atoms with Gasteiger partial charge in [-0.15, -0.1) is 0 Å². The number of ketones is 1. The van der Waals surface area contributed by atoms with E-state index in [1.807, 2.05) is 42.5 Å². The zero-order valence-corrected chi connectivity index (χ0v) is 16.3. The highest BCUT2D eigenvalue weighted by molar-refractivity contribution is 6.08. The SMILES string of the molecule is CC(=O)C[C@@]1(O)C(=O)N(CCCOc2ccc3ccccc3c2)c2ccccc21. The van der Waals surface area contributed by atoms with Crippen molar-refractivity contribution in [3.05, 3.63) is 72.3 Å². The molecule has 1 heterocycles. The van der Waals surface area contributed by atoms with Gasteiger partial charge in [-0.25, -0.2) is 0 Å². The zero-order chi connectivity index (χ0) is 20.4. The molecule has 5 nitrogen and oxygen atoms in total. The van der Waals surface area contributed by atoms with Crippen molar-refractivity contribution in [1.82, 2.24) is 0 Å². The van der Waals surface area contributed by atoms with E-state index < -0.39 is 11.5 Å². The number of hydrogen-bond donors (Lipinski definition) is 1. The number of Topliss-reactive ketones (excluding diaryl/α,β-unsaturated/α-hetero) is 1. The van der Waals surface area contributed by atoms with E-state index in [1.54, 1.807) is 23.1 Å². The van der Waals surface area contributed by atoms with Gasteiger partial charge in [0.05, 0.1) is 12.3 Å². The van der Waals surface area contributed by atoms with Crippen molar-refractivity contribution >= 4 is 28.2 Å². The van der Waals surface area contributed by atoms with E-state index in [9.17, 15) is 14.7 Å². The predicted molar refractivity (Wildman–Crippen MR) is 112 cm³/mol. The molecule has 148 valence electrons. The van der Waals surface area contributed by atoms with E-state index in [-0.39, 0.29) is 12.2 Å². The lowest BCUT2D eigenvalue weighted by molar-refractivity contribution is -0.141. The number of rotatable bonds is 7. The largest absolute Gasteiger partial charge is 0.494 e. The minimum Gasteiger partial charge on any atom is -0.494 e. The highest BCUT2D eigenvalue weighted by Gasteiger charge is 2.49. The van der Waals surface area contributed by atoms with Crippen LogP contribution in [-0.4, -0.2) is 29.9 Å². The Morgan fingerprint density at radius 2 is 1.76 bits per heavy atom. The maximum atomic E-state index is 12.9. The summed E-state index contributed by atoms with van der Waals surface area (Å²) in [6, 6.07) is 21.1. The van der Waals surface area contributed by atoms with Crippen LogP contribution in [-0.2, 0) is 15.2 Å². The van der Waals surface area contributed by atoms with Crippen molar-refractivity contribution < 1.29 is 19.4 Å². The second-order valence-corrected chi connectivity index (χ2v) is 7.42. The first-order valence-corrected chi connectivity index (χ1v) is 9.74. The van der Waals surface area contributed by atoms with E-state index in [1.165, 1.54) is 6.92 Å². The molecule has 0 unspecified atom stereocenters. The quantitative estimate of drug-likeness (QED) is 0.624. The molecular weight excluding hydrogens is 366 g/mol. The summed E-state index contributed by atoms with van der Waals surface area (Å²) >= 11 is 0. The second kappa shape index (κ2) is 7.68. The Morgan fingerprint density at radius 1 is 1.03 bits per heavy atom. The fraction of sp³-hybridized carbons (Fsp3) is 0.250. The van der Waals surface area contributed by atoms with Gasteiger partial charge in [-0.05, 0) is 42.3 Å². The van der Waals surface area contributed by atoms with Crippen LogP contribution >= 0.6 is 0 Å². The van der Waals surface area contributed by atoms with Gasteiger partial charge in [0.2, 0.25) is 0 Å². The number of aliphatic hydroxyl groups is 1. The molecule has 1 aliphatic rings. The van der Waals surface area contributed by atoms with Crippen LogP contribution in [0.4, 0.5) is 5.69 Å². The number of benzene rings is 3. The molecular formula is C24H23NO4. The monoisotopic (exact) mass is 389 g/mol. The standard InChI is InChI=1S/C24H23NO4/c1-17(26)16-24(28)21-9-4-5-10-22(21)25(23(24)27)13-6-14-29-20-12-11-18-7-2-3-8-19(18)15-20/h2-5,7-12,15,28H,6,13-14,16H2,1H3/t24-/m0/s1. The van der Waals surface area contributed by atoms with Crippen molar-refractivity contribution in [2.75, 3.05) is 18.1 Å². The van der Waals surface area contributed by atoms with Crippen LogP contribution in [0.2, 0.25) is 0 Å². The number of fused-ring (bicyclic) bond motifs is 2. The number of hydrogen-bond acceptors (Lipinski definition) is 4. The molecule has 1 atom stereocenters. The molecule has 1 amide bonds. The molecule has 0 saturated heterocycles. The average molecular weight is 389 g/mol. The van der Waals surface area contributed by atoms with Gasteiger partial charge < -0.3 is 14.7 Å². The van der Waals surface area contributed by atoms with Crippen LogP contribution in [0.1, 0.15) is 25.3 Å². The Bertz CT molecular complexity index is 1080. The molecule has 1 aliphatic heterocycles. The van der Waals surface area contributed by atoms with Crippen molar-refractivity contribution in [2.24, 2.45) is 0 Å². The van der Waals surface area contributed by atoms with Crippen LogP contribution in [0, 0.1) is 0 Å². The zero-order valence-electron chi connectivity index (χ0n) is 16.3. The molecule has 3 aromatic rings. The number of ether oxygens (including phenoxy) is 1. The molecule has 0 spiro atoms.